The van der Waals surface area contributed by atoms with Crippen molar-refractivity contribution in [2.75, 3.05) is 13.7 Å². The number of ether oxygens (including phenoxy) is 1. The first-order valence-electron chi connectivity index (χ1n) is 4.39. The summed E-state index contributed by atoms with van der Waals surface area (Å²) in [6.45, 7) is 0.456. The Morgan fingerprint density at radius 1 is 1.15 bits per heavy atom. The van der Waals surface area contributed by atoms with Crippen molar-refractivity contribution in [1.82, 2.24) is 0 Å². The van der Waals surface area contributed by atoms with Gasteiger partial charge in [-0.1, -0.05) is 0 Å². The predicted molar refractivity (Wildman–Crippen MR) is 47.6 cm³/mol. The highest BCUT2D eigenvalue weighted by atomic mass is 16.5. The molecule has 13 heavy (non-hydrogen) atoms. The van der Waals surface area contributed by atoms with Crippen LogP contribution in [0, 0.1) is 0 Å². The Kier molecular flexibility index (Phi) is 7.20. The lowest BCUT2D eigenvalue weighted by atomic mass is 10.1. The maximum atomic E-state index is 11.0. The smallest absolute Gasteiger partial charge is 0.303 e. The first-order valence-corrected chi connectivity index (χ1v) is 4.39. The van der Waals surface area contributed by atoms with Crippen LogP contribution < -0.4 is 0 Å². The molecule has 0 rings (SSSR count). The molecule has 0 heterocycles. The van der Waals surface area contributed by atoms with Crippen LogP contribution in [0.1, 0.15) is 32.1 Å². The zero-order chi connectivity index (χ0) is 10.1. The number of hydrogen-bond donors (Lipinski definition) is 1. The molecule has 0 aromatic carbocycles. The molecule has 0 atom stereocenters. The van der Waals surface area contributed by atoms with Crippen LogP contribution in [0.4, 0.5) is 0 Å². The van der Waals surface area contributed by atoms with Gasteiger partial charge in [-0.15, -0.1) is 0 Å². The molecule has 0 bridgehead atoms. The van der Waals surface area contributed by atoms with E-state index >= 15 is 0 Å². The fraction of sp³-hybridized carbons (Fsp3) is 0.778. The standard InChI is InChI=1S/C9H16O4/c1-13-7-6-8(10)4-2-3-5-9(11)12/h2-7H2,1H3,(H,11,12). The zero-order valence-electron chi connectivity index (χ0n) is 7.91. The third-order valence-electron chi connectivity index (χ3n) is 1.68. The predicted octanol–water partition coefficient (Wildman–Crippen LogP) is 1.24. The summed E-state index contributed by atoms with van der Waals surface area (Å²) < 4.78 is 4.74. The van der Waals surface area contributed by atoms with Gasteiger partial charge in [0.05, 0.1) is 6.61 Å². The highest BCUT2D eigenvalue weighted by Crippen LogP contribution is 2.02. The molecular weight excluding hydrogens is 172 g/mol. The van der Waals surface area contributed by atoms with Crippen molar-refractivity contribution in [3.8, 4) is 0 Å². The van der Waals surface area contributed by atoms with Gasteiger partial charge in [0, 0.05) is 26.4 Å². The highest BCUT2D eigenvalue weighted by Gasteiger charge is 2.02. The zero-order valence-corrected chi connectivity index (χ0v) is 7.91. The number of aliphatic carboxylic acids is 1. The largest absolute Gasteiger partial charge is 0.481 e. The molecule has 76 valence electrons. The van der Waals surface area contributed by atoms with Gasteiger partial charge in [-0.05, 0) is 12.8 Å². The van der Waals surface area contributed by atoms with Gasteiger partial charge in [0.2, 0.25) is 0 Å². The molecular formula is C9H16O4. The summed E-state index contributed by atoms with van der Waals surface area (Å²) in [6, 6.07) is 0. The minimum absolute atomic E-state index is 0.146. The highest BCUT2D eigenvalue weighted by molar-refractivity contribution is 5.78. The quantitative estimate of drug-likeness (QED) is 0.582. The monoisotopic (exact) mass is 188 g/mol. The topological polar surface area (TPSA) is 63.6 Å². The second-order valence-electron chi connectivity index (χ2n) is 2.88. The molecule has 0 aliphatic carbocycles. The van der Waals surface area contributed by atoms with Gasteiger partial charge in [0.1, 0.15) is 5.78 Å². The van der Waals surface area contributed by atoms with E-state index in [0.29, 0.717) is 32.3 Å². The third-order valence-corrected chi connectivity index (χ3v) is 1.68. The Labute approximate surface area is 77.9 Å². The summed E-state index contributed by atoms with van der Waals surface area (Å²) >= 11 is 0. The van der Waals surface area contributed by atoms with Crippen molar-refractivity contribution in [3.63, 3.8) is 0 Å². The van der Waals surface area contributed by atoms with E-state index in [9.17, 15) is 9.59 Å². The van der Waals surface area contributed by atoms with Crippen LogP contribution in [0.5, 0.6) is 0 Å². The minimum Gasteiger partial charge on any atom is -0.481 e. The number of unbranched alkanes of at least 4 members (excludes halogenated alkanes) is 1. The van der Waals surface area contributed by atoms with Gasteiger partial charge >= 0.3 is 5.97 Å². The van der Waals surface area contributed by atoms with Gasteiger partial charge in [-0.2, -0.15) is 0 Å². The van der Waals surface area contributed by atoms with Crippen molar-refractivity contribution in [3.05, 3.63) is 0 Å². The Bertz CT molecular complexity index is 165. The van der Waals surface area contributed by atoms with Crippen LogP contribution in [-0.2, 0) is 14.3 Å². The number of carboxylic acids is 1. The van der Waals surface area contributed by atoms with Crippen molar-refractivity contribution in [2.24, 2.45) is 0 Å². The molecule has 0 aromatic rings. The van der Waals surface area contributed by atoms with E-state index in [1.54, 1.807) is 7.11 Å². The summed E-state index contributed by atoms with van der Waals surface area (Å²) in [4.78, 5) is 21.1. The number of rotatable bonds is 8. The molecule has 0 aliphatic rings. The molecule has 0 unspecified atom stereocenters. The number of Topliss-reactive ketones (excluding diaryl/α,β-unsaturated/α-hetero) is 1. The third kappa shape index (κ3) is 9.01. The Morgan fingerprint density at radius 2 is 1.77 bits per heavy atom. The van der Waals surface area contributed by atoms with Crippen LogP contribution in [0.2, 0.25) is 0 Å². The molecule has 0 saturated heterocycles. The van der Waals surface area contributed by atoms with Crippen molar-refractivity contribution < 1.29 is 19.4 Å². The summed E-state index contributed by atoms with van der Waals surface area (Å²) in [5.41, 5.74) is 0. The number of methoxy groups -OCH3 is 1. The summed E-state index contributed by atoms with van der Waals surface area (Å²) in [5, 5.41) is 8.32. The molecule has 1 N–H and O–H groups in total. The van der Waals surface area contributed by atoms with Crippen molar-refractivity contribution in [2.45, 2.75) is 32.1 Å². The number of carbonyl (C=O) groups is 2. The number of hydrogen-bond acceptors (Lipinski definition) is 3. The van der Waals surface area contributed by atoms with Gasteiger partial charge < -0.3 is 9.84 Å². The first kappa shape index (κ1) is 12.1. The maximum Gasteiger partial charge on any atom is 0.303 e. The Hall–Kier alpha value is -0.900. The van der Waals surface area contributed by atoms with Crippen molar-refractivity contribution >= 4 is 11.8 Å². The average Bonchev–Trinajstić information content (AvgIpc) is 2.08. The molecule has 0 saturated carbocycles. The van der Waals surface area contributed by atoms with Crippen LogP contribution in [0.15, 0.2) is 0 Å². The van der Waals surface area contributed by atoms with E-state index in [0.717, 1.165) is 0 Å². The lowest BCUT2D eigenvalue weighted by Gasteiger charge is -1.98. The van der Waals surface area contributed by atoms with Crippen LogP contribution >= 0.6 is 0 Å². The van der Waals surface area contributed by atoms with E-state index in [1.807, 2.05) is 0 Å². The molecule has 4 heteroatoms. The SMILES string of the molecule is COCCC(=O)CCCCC(=O)O. The molecule has 0 radical (unpaired) electrons. The summed E-state index contributed by atoms with van der Waals surface area (Å²) in [6.07, 6.45) is 2.29. The number of ketones is 1. The van der Waals surface area contributed by atoms with Crippen LogP contribution in [0.25, 0.3) is 0 Å². The molecule has 0 fully saturated rings. The Morgan fingerprint density at radius 3 is 2.31 bits per heavy atom. The van der Waals surface area contributed by atoms with Gasteiger partial charge in [0.25, 0.3) is 0 Å². The van der Waals surface area contributed by atoms with E-state index in [4.69, 9.17) is 9.84 Å². The van der Waals surface area contributed by atoms with Crippen molar-refractivity contribution in [1.29, 1.82) is 0 Å². The minimum atomic E-state index is -0.802. The molecule has 0 aromatic heterocycles. The van der Waals surface area contributed by atoms with E-state index in [-0.39, 0.29) is 12.2 Å². The molecule has 0 aliphatic heterocycles. The van der Waals surface area contributed by atoms with Gasteiger partial charge in [-0.25, -0.2) is 0 Å². The fourth-order valence-electron chi connectivity index (χ4n) is 0.939. The molecule has 4 nitrogen and oxygen atoms in total. The van der Waals surface area contributed by atoms with E-state index < -0.39 is 5.97 Å². The normalized spacial score (nSPS) is 9.92. The van der Waals surface area contributed by atoms with E-state index in [2.05, 4.69) is 0 Å². The van der Waals surface area contributed by atoms with Crippen LogP contribution in [-0.4, -0.2) is 30.6 Å². The number of carboxylic acid groups (broad SMARTS) is 1. The second-order valence-corrected chi connectivity index (χ2v) is 2.88. The second kappa shape index (κ2) is 7.73. The Balaban J connectivity index is 3.22. The first-order chi connectivity index (χ1) is 6.16. The van der Waals surface area contributed by atoms with Gasteiger partial charge in [0.15, 0.2) is 0 Å². The van der Waals surface area contributed by atoms with Crippen LogP contribution in [0.3, 0.4) is 0 Å². The summed E-state index contributed by atoms with van der Waals surface area (Å²) in [5.74, 6) is -0.656. The molecule has 0 spiro atoms. The lowest BCUT2D eigenvalue weighted by molar-refractivity contribution is -0.137. The lowest BCUT2D eigenvalue weighted by Crippen LogP contribution is -2.03. The number of carbonyl (C=O) groups excluding carboxylic acids is 1. The molecule has 0 amide bonds. The summed E-state index contributed by atoms with van der Waals surface area (Å²) in [7, 11) is 1.55. The maximum absolute atomic E-state index is 11.0. The van der Waals surface area contributed by atoms with E-state index in [1.165, 1.54) is 0 Å². The average molecular weight is 188 g/mol. The van der Waals surface area contributed by atoms with Gasteiger partial charge in [-0.3, -0.25) is 9.59 Å². The fourth-order valence-corrected chi connectivity index (χ4v) is 0.939.